The molecule has 84 valence electrons. The molecule has 0 saturated heterocycles. The zero-order chi connectivity index (χ0) is 11.7. The number of fused-ring (bicyclic) bond motifs is 1. The zero-order valence-corrected chi connectivity index (χ0v) is 8.81. The first-order valence-corrected chi connectivity index (χ1v) is 4.54. The van der Waals surface area contributed by atoms with Crippen LogP contribution in [0.4, 0.5) is 0 Å². The first-order chi connectivity index (χ1) is 7.69. The van der Waals surface area contributed by atoms with E-state index in [-0.39, 0.29) is 5.56 Å². The van der Waals surface area contributed by atoms with Gasteiger partial charge in [-0.1, -0.05) is 0 Å². The fourth-order valence-corrected chi connectivity index (χ4v) is 1.61. The molecule has 1 aromatic carbocycles. The maximum Gasteiger partial charge on any atom is 0.336 e. The van der Waals surface area contributed by atoms with Crippen LogP contribution in [0.5, 0.6) is 11.5 Å². The highest BCUT2D eigenvalue weighted by atomic mass is 16.5. The largest absolute Gasteiger partial charge is 0.493 e. The van der Waals surface area contributed by atoms with Crippen LogP contribution in [0.25, 0.3) is 11.0 Å². The van der Waals surface area contributed by atoms with E-state index in [1.54, 1.807) is 6.07 Å². The summed E-state index contributed by atoms with van der Waals surface area (Å²) < 4.78 is 15.4. The highest BCUT2D eigenvalue weighted by Gasteiger charge is 2.19. The lowest BCUT2D eigenvalue weighted by atomic mass is 10.1. The summed E-state index contributed by atoms with van der Waals surface area (Å²) in [6, 6.07) is 3.00. The maximum atomic E-state index is 11.0. The SMILES string of the molecule is COc1cc(C(=O)O)c2ccoc2c1OC. The van der Waals surface area contributed by atoms with E-state index in [0.29, 0.717) is 22.5 Å². The molecular weight excluding hydrogens is 212 g/mol. The van der Waals surface area contributed by atoms with Crippen molar-refractivity contribution >= 4 is 16.9 Å². The Balaban J connectivity index is 2.84. The molecule has 1 aromatic heterocycles. The van der Waals surface area contributed by atoms with E-state index in [1.165, 1.54) is 26.5 Å². The summed E-state index contributed by atoms with van der Waals surface area (Å²) in [6.45, 7) is 0. The van der Waals surface area contributed by atoms with E-state index in [9.17, 15) is 4.79 Å². The monoisotopic (exact) mass is 222 g/mol. The lowest BCUT2D eigenvalue weighted by Crippen LogP contribution is -1.99. The number of benzene rings is 1. The van der Waals surface area contributed by atoms with Gasteiger partial charge in [0, 0.05) is 5.39 Å². The normalized spacial score (nSPS) is 10.4. The Morgan fingerprint density at radius 1 is 1.38 bits per heavy atom. The summed E-state index contributed by atoms with van der Waals surface area (Å²) in [5.74, 6) is -0.304. The summed E-state index contributed by atoms with van der Waals surface area (Å²) in [7, 11) is 2.92. The van der Waals surface area contributed by atoms with Crippen molar-refractivity contribution in [3.8, 4) is 11.5 Å². The van der Waals surface area contributed by atoms with E-state index in [0.717, 1.165) is 0 Å². The number of ether oxygens (including phenoxy) is 2. The lowest BCUT2D eigenvalue weighted by Gasteiger charge is -2.09. The number of carboxylic acids is 1. The van der Waals surface area contributed by atoms with Gasteiger partial charge in [-0.15, -0.1) is 0 Å². The smallest absolute Gasteiger partial charge is 0.336 e. The van der Waals surface area contributed by atoms with Crippen LogP contribution in [-0.4, -0.2) is 25.3 Å². The number of rotatable bonds is 3. The Labute approximate surface area is 91.2 Å². The number of methoxy groups -OCH3 is 2. The van der Waals surface area contributed by atoms with Gasteiger partial charge < -0.3 is 19.0 Å². The second kappa shape index (κ2) is 3.77. The topological polar surface area (TPSA) is 68.9 Å². The van der Waals surface area contributed by atoms with Crippen molar-refractivity contribution in [2.75, 3.05) is 14.2 Å². The minimum absolute atomic E-state index is 0.126. The third kappa shape index (κ3) is 1.37. The van der Waals surface area contributed by atoms with Crippen molar-refractivity contribution < 1.29 is 23.8 Å². The van der Waals surface area contributed by atoms with Crippen LogP contribution >= 0.6 is 0 Å². The van der Waals surface area contributed by atoms with Crippen molar-refractivity contribution in [1.29, 1.82) is 0 Å². The molecule has 0 aliphatic rings. The van der Waals surface area contributed by atoms with Gasteiger partial charge in [-0.3, -0.25) is 0 Å². The number of hydrogen-bond donors (Lipinski definition) is 1. The Bertz CT molecular complexity index is 541. The number of carbonyl (C=O) groups is 1. The molecule has 16 heavy (non-hydrogen) atoms. The molecule has 5 nitrogen and oxygen atoms in total. The van der Waals surface area contributed by atoms with E-state index >= 15 is 0 Å². The van der Waals surface area contributed by atoms with Gasteiger partial charge in [0.25, 0.3) is 0 Å². The molecule has 2 rings (SSSR count). The van der Waals surface area contributed by atoms with Gasteiger partial charge in [0.2, 0.25) is 5.75 Å². The molecule has 0 aliphatic heterocycles. The minimum Gasteiger partial charge on any atom is -0.493 e. The van der Waals surface area contributed by atoms with Gasteiger partial charge in [-0.25, -0.2) is 4.79 Å². The van der Waals surface area contributed by atoms with E-state index < -0.39 is 5.97 Å². The molecule has 0 unspecified atom stereocenters. The van der Waals surface area contributed by atoms with Gasteiger partial charge in [-0.05, 0) is 12.1 Å². The number of carboxylic acid groups (broad SMARTS) is 1. The molecule has 5 heteroatoms. The third-order valence-electron chi connectivity index (χ3n) is 2.32. The Morgan fingerprint density at radius 3 is 2.69 bits per heavy atom. The molecule has 0 bridgehead atoms. The van der Waals surface area contributed by atoms with Crippen LogP contribution in [-0.2, 0) is 0 Å². The highest BCUT2D eigenvalue weighted by molar-refractivity contribution is 6.05. The minimum atomic E-state index is -1.03. The molecule has 0 atom stereocenters. The van der Waals surface area contributed by atoms with E-state index in [4.69, 9.17) is 19.0 Å². The van der Waals surface area contributed by atoms with Crippen LogP contribution in [0.15, 0.2) is 22.8 Å². The van der Waals surface area contributed by atoms with Gasteiger partial charge in [-0.2, -0.15) is 0 Å². The highest BCUT2D eigenvalue weighted by Crippen LogP contribution is 2.38. The molecule has 0 spiro atoms. The van der Waals surface area contributed by atoms with Crippen molar-refractivity contribution in [3.05, 3.63) is 24.0 Å². The number of aromatic carboxylic acids is 1. The molecule has 1 heterocycles. The van der Waals surface area contributed by atoms with Crippen molar-refractivity contribution in [2.45, 2.75) is 0 Å². The lowest BCUT2D eigenvalue weighted by molar-refractivity contribution is 0.0698. The Morgan fingerprint density at radius 2 is 2.12 bits per heavy atom. The van der Waals surface area contributed by atoms with Crippen LogP contribution < -0.4 is 9.47 Å². The quantitative estimate of drug-likeness (QED) is 0.861. The number of furan rings is 1. The van der Waals surface area contributed by atoms with Gasteiger partial charge in [0.1, 0.15) is 0 Å². The Kier molecular flexibility index (Phi) is 2.44. The summed E-state index contributed by atoms with van der Waals surface area (Å²) in [6.07, 6.45) is 1.42. The van der Waals surface area contributed by atoms with Crippen LogP contribution in [0.2, 0.25) is 0 Å². The predicted octanol–water partition coefficient (Wildman–Crippen LogP) is 2.15. The van der Waals surface area contributed by atoms with Gasteiger partial charge >= 0.3 is 5.97 Å². The molecule has 0 radical (unpaired) electrons. The van der Waals surface area contributed by atoms with E-state index in [2.05, 4.69) is 0 Å². The first-order valence-electron chi connectivity index (χ1n) is 4.54. The average Bonchev–Trinajstić information content (AvgIpc) is 2.74. The zero-order valence-electron chi connectivity index (χ0n) is 8.81. The summed E-state index contributed by atoms with van der Waals surface area (Å²) in [5, 5.41) is 9.54. The molecule has 1 N–H and O–H groups in total. The molecule has 0 amide bonds. The van der Waals surface area contributed by atoms with Crippen molar-refractivity contribution in [1.82, 2.24) is 0 Å². The summed E-state index contributed by atoms with van der Waals surface area (Å²) in [4.78, 5) is 11.0. The average molecular weight is 222 g/mol. The van der Waals surface area contributed by atoms with E-state index in [1.807, 2.05) is 0 Å². The summed E-state index contributed by atoms with van der Waals surface area (Å²) >= 11 is 0. The fourth-order valence-electron chi connectivity index (χ4n) is 1.61. The van der Waals surface area contributed by atoms with Crippen LogP contribution in [0, 0.1) is 0 Å². The molecule has 2 aromatic rings. The van der Waals surface area contributed by atoms with Gasteiger partial charge in [0.15, 0.2) is 11.3 Å². The van der Waals surface area contributed by atoms with Crippen molar-refractivity contribution in [2.24, 2.45) is 0 Å². The molecule has 0 fully saturated rings. The van der Waals surface area contributed by atoms with Gasteiger partial charge in [0.05, 0.1) is 26.0 Å². The fraction of sp³-hybridized carbons (Fsp3) is 0.182. The maximum absolute atomic E-state index is 11.0. The third-order valence-corrected chi connectivity index (χ3v) is 2.32. The second-order valence-electron chi connectivity index (χ2n) is 3.13. The summed E-state index contributed by atoms with van der Waals surface area (Å²) in [5.41, 5.74) is 0.501. The first kappa shape index (κ1) is 10.4. The van der Waals surface area contributed by atoms with Crippen LogP contribution in [0.3, 0.4) is 0 Å². The molecule has 0 aliphatic carbocycles. The van der Waals surface area contributed by atoms with Crippen molar-refractivity contribution in [3.63, 3.8) is 0 Å². The predicted molar refractivity (Wildman–Crippen MR) is 56.3 cm³/mol. The second-order valence-corrected chi connectivity index (χ2v) is 3.13. The Hall–Kier alpha value is -2.17. The molecular formula is C11H10O5. The number of hydrogen-bond acceptors (Lipinski definition) is 4. The van der Waals surface area contributed by atoms with Crippen LogP contribution in [0.1, 0.15) is 10.4 Å². The standard InChI is InChI=1S/C11H10O5/c1-14-8-5-7(11(12)13)6-3-4-16-9(6)10(8)15-2/h3-5H,1-2H3,(H,12,13). The molecule has 0 saturated carbocycles.